The number of carbonyl (C=O) groups excluding carboxylic acids is 1. The lowest BCUT2D eigenvalue weighted by molar-refractivity contribution is 0.262. The van der Waals surface area contributed by atoms with E-state index < -0.39 is 0 Å². The summed E-state index contributed by atoms with van der Waals surface area (Å²) in [6.07, 6.45) is 3.23. The van der Waals surface area contributed by atoms with Gasteiger partial charge < -0.3 is 10.6 Å². The van der Waals surface area contributed by atoms with E-state index in [0.717, 1.165) is 4.47 Å². The van der Waals surface area contributed by atoms with E-state index in [1.165, 1.54) is 0 Å². The number of nitrogens with one attached hydrogen (secondary N) is 2. The minimum atomic E-state index is -0.301. The Morgan fingerprint density at radius 2 is 1.94 bits per heavy atom. The van der Waals surface area contributed by atoms with Crippen LogP contribution in [-0.4, -0.2) is 11.0 Å². The number of benzene rings is 1. The van der Waals surface area contributed by atoms with Gasteiger partial charge in [0, 0.05) is 10.7 Å². The van der Waals surface area contributed by atoms with Gasteiger partial charge in [0.15, 0.2) is 0 Å². The maximum atomic E-state index is 11.7. The van der Waals surface area contributed by atoms with E-state index >= 15 is 0 Å². The number of carbonyl (C=O) groups is 1. The molecule has 0 fully saturated rings. The van der Waals surface area contributed by atoms with Crippen molar-refractivity contribution in [1.82, 2.24) is 4.98 Å². The fraction of sp³-hybridized carbons (Fsp3) is 0. The van der Waals surface area contributed by atoms with E-state index in [2.05, 4.69) is 31.5 Å². The molecule has 86 valence electrons. The zero-order valence-electron chi connectivity index (χ0n) is 8.85. The van der Waals surface area contributed by atoms with Crippen molar-refractivity contribution >= 4 is 33.3 Å². The van der Waals surface area contributed by atoms with Gasteiger partial charge in [-0.15, -0.1) is 0 Å². The van der Waals surface area contributed by atoms with Gasteiger partial charge in [-0.25, -0.2) is 4.79 Å². The number of hydrogen-bond donors (Lipinski definition) is 2. The third-order valence-electron chi connectivity index (χ3n) is 2.04. The Kier molecular flexibility index (Phi) is 3.72. The zero-order chi connectivity index (χ0) is 12.1. The molecule has 17 heavy (non-hydrogen) atoms. The predicted octanol–water partition coefficient (Wildman–Crippen LogP) is 3.49. The van der Waals surface area contributed by atoms with Gasteiger partial charge in [0.1, 0.15) is 0 Å². The Bertz CT molecular complexity index is 516. The molecule has 0 saturated heterocycles. The molecule has 0 radical (unpaired) electrons. The van der Waals surface area contributed by atoms with Crippen molar-refractivity contribution in [2.75, 3.05) is 10.6 Å². The Balaban J connectivity index is 2.01. The average molecular weight is 292 g/mol. The number of nitrogens with zero attached hydrogens (tertiary/aromatic N) is 1. The number of rotatable bonds is 2. The Morgan fingerprint density at radius 3 is 2.65 bits per heavy atom. The first-order chi connectivity index (χ1) is 8.25. The maximum Gasteiger partial charge on any atom is 0.323 e. The molecule has 1 aromatic carbocycles. The number of halogens is 1. The van der Waals surface area contributed by atoms with E-state index in [0.29, 0.717) is 11.4 Å². The molecule has 2 rings (SSSR count). The summed E-state index contributed by atoms with van der Waals surface area (Å²) in [5, 5.41) is 5.42. The smallest absolute Gasteiger partial charge is 0.307 e. The highest BCUT2D eigenvalue weighted by atomic mass is 79.9. The molecule has 0 aliphatic heterocycles. The first-order valence-electron chi connectivity index (χ1n) is 4.98. The van der Waals surface area contributed by atoms with Crippen molar-refractivity contribution in [3.05, 3.63) is 53.3 Å². The van der Waals surface area contributed by atoms with Crippen LogP contribution < -0.4 is 10.6 Å². The third kappa shape index (κ3) is 3.29. The minimum absolute atomic E-state index is 0.301. The molecule has 1 aromatic heterocycles. The molecular weight excluding hydrogens is 282 g/mol. The standard InChI is InChI=1S/C12H10BrN3O/c13-10-5-1-2-6-11(10)16-12(17)15-9-4-3-7-14-8-9/h1-8H,(H2,15,16,17). The van der Waals surface area contributed by atoms with Crippen LogP contribution in [0.1, 0.15) is 0 Å². The van der Waals surface area contributed by atoms with Gasteiger partial charge in [-0.2, -0.15) is 0 Å². The van der Waals surface area contributed by atoms with Crippen LogP contribution in [0, 0.1) is 0 Å². The van der Waals surface area contributed by atoms with Crippen LogP contribution in [0.3, 0.4) is 0 Å². The van der Waals surface area contributed by atoms with E-state index in [9.17, 15) is 4.79 Å². The number of hydrogen-bond acceptors (Lipinski definition) is 2. The summed E-state index contributed by atoms with van der Waals surface area (Å²) in [5.41, 5.74) is 1.37. The Labute approximate surface area is 107 Å². The van der Waals surface area contributed by atoms with Crippen LogP contribution >= 0.6 is 15.9 Å². The molecule has 0 unspecified atom stereocenters. The van der Waals surface area contributed by atoms with Gasteiger partial charge in [0.25, 0.3) is 0 Å². The summed E-state index contributed by atoms with van der Waals surface area (Å²) in [7, 11) is 0. The lowest BCUT2D eigenvalue weighted by Gasteiger charge is -2.08. The molecule has 0 bridgehead atoms. The lowest BCUT2D eigenvalue weighted by atomic mass is 10.3. The van der Waals surface area contributed by atoms with Crippen LogP contribution in [-0.2, 0) is 0 Å². The van der Waals surface area contributed by atoms with Crippen molar-refractivity contribution in [2.45, 2.75) is 0 Å². The monoisotopic (exact) mass is 291 g/mol. The summed E-state index contributed by atoms with van der Waals surface area (Å²) in [6.45, 7) is 0. The second kappa shape index (κ2) is 5.45. The number of amides is 2. The molecule has 5 heteroatoms. The van der Waals surface area contributed by atoms with E-state index in [1.54, 1.807) is 24.5 Å². The predicted molar refractivity (Wildman–Crippen MR) is 71.0 cm³/mol. The summed E-state index contributed by atoms with van der Waals surface area (Å²) in [6, 6.07) is 10.6. The van der Waals surface area contributed by atoms with Gasteiger partial charge in [0.05, 0.1) is 17.6 Å². The summed E-state index contributed by atoms with van der Waals surface area (Å²) in [4.78, 5) is 15.6. The molecule has 0 aliphatic rings. The quantitative estimate of drug-likeness (QED) is 0.890. The third-order valence-corrected chi connectivity index (χ3v) is 2.73. The number of pyridine rings is 1. The van der Waals surface area contributed by atoms with E-state index in [-0.39, 0.29) is 6.03 Å². The van der Waals surface area contributed by atoms with Gasteiger partial charge in [0.2, 0.25) is 0 Å². The summed E-state index contributed by atoms with van der Waals surface area (Å²) < 4.78 is 0.835. The van der Waals surface area contributed by atoms with Crippen molar-refractivity contribution in [3.8, 4) is 0 Å². The summed E-state index contributed by atoms with van der Waals surface area (Å²) >= 11 is 3.36. The molecule has 2 aromatic rings. The molecule has 4 nitrogen and oxygen atoms in total. The highest BCUT2D eigenvalue weighted by molar-refractivity contribution is 9.10. The first kappa shape index (κ1) is 11.6. The number of urea groups is 1. The fourth-order valence-electron chi connectivity index (χ4n) is 1.28. The number of aromatic nitrogens is 1. The fourth-order valence-corrected chi connectivity index (χ4v) is 1.67. The van der Waals surface area contributed by atoms with Crippen molar-refractivity contribution in [2.24, 2.45) is 0 Å². The Morgan fingerprint density at radius 1 is 1.12 bits per heavy atom. The lowest BCUT2D eigenvalue weighted by Crippen LogP contribution is -2.19. The zero-order valence-corrected chi connectivity index (χ0v) is 10.4. The molecule has 0 saturated carbocycles. The highest BCUT2D eigenvalue weighted by Gasteiger charge is 2.04. The van der Waals surface area contributed by atoms with Crippen LogP contribution in [0.4, 0.5) is 16.2 Å². The molecular formula is C12H10BrN3O. The van der Waals surface area contributed by atoms with E-state index in [4.69, 9.17) is 0 Å². The van der Waals surface area contributed by atoms with Gasteiger partial charge >= 0.3 is 6.03 Å². The van der Waals surface area contributed by atoms with Crippen LogP contribution in [0.25, 0.3) is 0 Å². The van der Waals surface area contributed by atoms with Crippen molar-refractivity contribution < 1.29 is 4.79 Å². The largest absolute Gasteiger partial charge is 0.323 e. The highest BCUT2D eigenvalue weighted by Crippen LogP contribution is 2.21. The van der Waals surface area contributed by atoms with Crippen LogP contribution in [0.5, 0.6) is 0 Å². The van der Waals surface area contributed by atoms with Crippen LogP contribution in [0.15, 0.2) is 53.3 Å². The maximum absolute atomic E-state index is 11.7. The molecule has 2 amide bonds. The average Bonchev–Trinajstić information content (AvgIpc) is 2.33. The van der Waals surface area contributed by atoms with Gasteiger partial charge in [-0.1, -0.05) is 12.1 Å². The topological polar surface area (TPSA) is 54.0 Å². The van der Waals surface area contributed by atoms with Crippen molar-refractivity contribution in [1.29, 1.82) is 0 Å². The summed E-state index contributed by atoms with van der Waals surface area (Å²) in [5.74, 6) is 0. The second-order valence-electron chi connectivity index (χ2n) is 3.30. The van der Waals surface area contributed by atoms with Gasteiger partial charge in [-0.3, -0.25) is 4.98 Å². The molecule has 2 N–H and O–H groups in total. The first-order valence-corrected chi connectivity index (χ1v) is 5.77. The SMILES string of the molecule is O=C(Nc1cccnc1)Nc1ccccc1Br. The molecule has 0 aliphatic carbocycles. The molecule has 0 spiro atoms. The Hall–Kier alpha value is -1.88. The van der Waals surface area contributed by atoms with Gasteiger partial charge in [-0.05, 0) is 40.2 Å². The molecule has 1 heterocycles. The minimum Gasteiger partial charge on any atom is -0.307 e. The molecule has 0 atom stereocenters. The van der Waals surface area contributed by atoms with Crippen molar-refractivity contribution in [3.63, 3.8) is 0 Å². The van der Waals surface area contributed by atoms with E-state index in [1.807, 2.05) is 24.3 Å². The second-order valence-corrected chi connectivity index (χ2v) is 4.16. The normalized spacial score (nSPS) is 9.71. The number of anilines is 2. The van der Waals surface area contributed by atoms with Crippen LogP contribution in [0.2, 0.25) is 0 Å². The number of para-hydroxylation sites is 1.